The van der Waals surface area contributed by atoms with Crippen LogP contribution in [0, 0.1) is 6.92 Å². The van der Waals surface area contributed by atoms with Crippen molar-refractivity contribution in [2.24, 2.45) is 0 Å². The second-order valence-electron chi connectivity index (χ2n) is 7.05. The molecule has 8 nitrogen and oxygen atoms in total. The zero-order valence-corrected chi connectivity index (χ0v) is 18.4. The van der Waals surface area contributed by atoms with Gasteiger partial charge in [0.2, 0.25) is 21.8 Å². The highest BCUT2D eigenvalue weighted by Crippen LogP contribution is 2.34. The summed E-state index contributed by atoms with van der Waals surface area (Å²) in [5, 5.41) is 1.41. The van der Waals surface area contributed by atoms with Crippen molar-refractivity contribution in [1.29, 1.82) is 0 Å². The van der Waals surface area contributed by atoms with Crippen LogP contribution in [0.3, 0.4) is 0 Å². The lowest BCUT2D eigenvalue weighted by Gasteiger charge is -2.20. The Balaban J connectivity index is 1.65. The van der Waals surface area contributed by atoms with E-state index in [9.17, 15) is 18.0 Å². The van der Waals surface area contributed by atoms with Gasteiger partial charge in [0.15, 0.2) is 5.82 Å². The molecule has 1 fully saturated rings. The molecular weight excluding hydrogens is 438 g/mol. The molecular formula is C21H19N3O5S2. The lowest BCUT2D eigenvalue weighted by atomic mass is 10.1. The molecule has 2 heterocycles. The van der Waals surface area contributed by atoms with Gasteiger partial charge in [-0.2, -0.15) is 4.98 Å². The van der Waals surface area contributed by atoms with Crippen molar-refractivity contribution in [3.8, 4) is 11.5 Å². The van der Waals surface area contributed by atoms with Crippen LogP contribution in [-0.2, 0) is 21.2 Å². The fourth-order valence-corrected chi connectivity index (χ4v) is 5.11. The Bertz CT molecular complexity index is 1240. The molecule has 0 aliphatic carbocycles. The van der Waals surface area contributed by atoms with E-state index in [-0.39, 0.29) is 17.0 Å². The summed E-state index contributed by atoms with van der Waals surface area (Å²) in [6.07, 6.45) is 1.46. The standard InChI is InChI=1S/C21H19N3O5S2/c1-13-18(22-20(29-13)15-6-4-3-5-7-15)24(31(2,27)28)16-10-8-14(9-11-16)12-17-19(25)23-21(26)30-17/h3-11,17H,12H2,1-2H3,(H,23,25,26). The van der Waals surface area contributed by atoms with Crippen molar-refractivity contribution in [2.75, 3.05) is 10.6 Å². The number of hydrogen-bond acceptors (Lipinski definition) is 7. The van der Waals surface area contributed by atoms with Crippen LogP contribution in [0.5, 0.6) is 0 Å². The number of benzene rings is 2. The van der Waals surface area contributed by atoms with Crippen molar-refractivity contribution in [2.45, 2.75) is 18.6 Å². The lowest BCUT2D eigenvalue weighted by Crippen LogP contribution is -2.26. The molecule has 1 saturated heterocycles. The monoisotopic (exact) mass is 457 g/mol. The molecule has 3 aromatic rings. The first-order chi connectivity index (χ1) is 14.7. The molecule has 1 N–H and O–H groups in total. The van der Waals surface area contributed by atoms with Crippen LogP contribution in [0.2, 0.25) is 0 Å². The minimum absolute atomic E-state index is 0.186. The third-order valence-electron chi connectivity index (χ3n) is 4.68. The van der Waals surface area contributed by atoms with Crippen LogP contribution in [-0.4, -0.2) is 36.1 Å². The number of amides is 2. The highest BCUT2D eigenvalue weighted by atomic mass is 32.2. The van der Waals surface area contributed by atoms with Crippen LogP contribution in [0.4, 0.5) is 16.3 Å². The molecule has 1 aliphatic heterocycles. The second-order valence-corrected chi connectivity index (χ2v) is 10.1. The van der Waals surface area contributed by atoms with Gasteiger partial charge in [0.1, 0.15) is 5.76 Å². The van der Waals surface area contributed by atoms with Gasteiger partial charge in [0.25, 0.3) is 5.24 Å². The molecule has 10 heteroatoms. The number of oxazole rings is 1. The van der Waals surface area contributed by atoms with E-state index in [0.717, 1.165) is 33.4 Å². The molecule has 0 saturated carbocycles. The molecule has 0 spiro atoms. The Morgan fingerprint density at radius 3 is 2.35 bits per heavy atom. The van der Waals surface area contributed by atoms with E-state index >= 15 is 0 Å². The summed E-state index contributed by atoms with van der Waals surface area (Å²) >= 11 is 0.954. The first kappa shape index (κ1) is 21.1. The Labute approximate surface area is 183 Å². The van der Waals surface area contributed by atoms with E-state index in [1.165, 1.54) is 0 Å². The number of hydrogen-bond donors (Lipinski definition) is 1. The van der Waals surface area contributed by atoms with Gasteiger partial charge in [-0.25, -0.2) is 12.7 Å². The van der Waals surface area contributed by atoms with Crippen molar-refractivity contribution in [3.05, 3.63) is 65.9 Å². The average molecular weight is 458 g/mol. The van der Waals surface area contributed by atoms with E-state index in [1.807, 2.05) is 30.3 Å². The highest BCUT2D eigenvalue weighted by molar-refractivity contribution is 8.15. The maximum absolute atomic E-state index is 12.6. The molecule has 31 heavy (non-hydrogen) atoms. The van der Waals surface area contributed by atoms with Crippen LogP contribution < -0.4 is 9.62 Å². The zero-order valence-electron chi connectivity index (χ0n) is 16.7. The first-order valence-electron chi connectivity index (χ1n) is 9.36. The quantitative estimate of drug-likeness (QED) is 0.602. The fourth-order valence-electron chi connectivity index (χ4n) is 3.26. The Morgan fingerprint density at radius 2 is 1.77 bits per heavy atom. The summed E-state index contributed by atoms with van der Waals surface area (Å²) in [6, 6.07) is 16.0. The number of anilines is 2. The maximum atomic E-state index is 12.6. The fraction of sp³-hybridized carbons (Fsp3) is 0.190. The van der Waals surface area contributed by atoms with E-state index in [4.69, 9.17) is 4.42 Å². The first-order valence-corrected chi connectivity index (χ1v) is 12.1. The molecule has 1 atom stereocenters. The normalized spacial score (nSPS) is 16.4. The molecule has 0 bridgehead atoms. The second kappa shape index (κ2) is 8.20. The summed E-state index contributed by atoms with van der Waals surface area (Å²) in [6.45, 7) is 1.66. The summed E-state index contributed by atoms with van der Waals surface area (Å²) < 4.78 is 32.1. The number of carbonyl (C=O) groups excluding carboxylic acids is 2. The number of thioether (sulfide) groups is 1. The number of imide groups is 1. The molecule has 160 valence electrons. The van der Waals surface area contributed by atoms with Gasteiger partial charge in [-0.15, -0.1) is 0 Å². The largest absolute Gasteiger partial charge is 0.439 e. The minimum atomic E-state index is -3.72. The van der Waals surface area contributed by atoms with Gasteiger partial charge in [0.05, 0.1) is 17.2 Å². The minimum Gasteiger partial charge on any atom is -0.439 e. The van der Waals surface area contributed by atoms with Crippen LogP contribution >= 0.6 is 11.8 Å². The SMILES string of the molecule is Cc1oc(-c2ccccc2)nc1N(c1ccc(CC2SC(=O)NC2=O)cc1)S(C)(=O)=O. The van der Waals surface area contributed by atoms with Crippen LogP contribution in [0.1, 0.15) is 11.3 Å². The number of aryl methyl sites for hydroxylation is 1. The van der Waals surface area contributed by atoms with Crippen LogP contribution in [0.15, 0.2) is 59.0 Å². The number of carbonyl (C=O) groups is 2. The van der Waals surface area contributed by atoms with E-state index < -0.39 is 15.3 Å². The predicted molar refractivity (Wildman–Crippen MR) is 119 cm³/mol. The Hall–Kier alpha value is -3.11. The van der Waals surface area contributed by atoms with Crippen molar-refractivity contribution < 1.29 is 22.4 Å². The predicted octanol–water partition coefficient (Wildman–Crippen LogP) is 3.64. The summed E-state index contributed by atoms with van der Waals surface area (Å²) in [4.78, 5) is 27.6. The Kier molecular flexibility index (Phi) is 5.59. The maximum Gasteiger partial charge on any atom is 0.286 e. The highest BCUT2D eigenvalue weighted by Gasteiger charge is 2.32. The average Bonchev–Trinajstić information content (AvgIpc) is 3.24. The zero-order chi connectivity index (χ0) is 22.2. The van der Waals surface area contributed by atoms with Crippen molar-refractivity contribution >= 4 is 44.4 Å². The third kappa shape index (κ3) is 4.49. The molecule has 1 unspecified atom stereocenters. The molecule has 1 aliphatic rings. The molecule has 2 amide bonds. The smallest absolute Gasteiger partial charge is 0.286 e. The molecule has 0 radical (unpaired) electrons. The van der Waals surface area contributed by atoms with E-state index in [2.05, 4.69) is 10.3 Å². The lowest BCUT2D eigenvalue weighted by molar-refractivity contribution is -0.118. The van der Waals surface area contributed by atoms with Crippen molar-refractivity contribution in [1.82, 2.24) is 10.3 Å². The Morgan fingerprint density at radius 1 is 1.10 bits per heavy atom. The third-order valence-corrected chi connectivity index (χ3v) is 6.70. The number of rotatable bonds is 6. The molecule has 2 aromatic carbocycles. The number of nitrogens with zero attached hydrogens (tertiary/aromatic N) is 2. The van der Waals surface area contributed by atoms with Gasteiger partial charge in [-0.1, -0.05) is 42.1 Å². The summed E-state index contributed by atoms with van der Waals surface area (Å²) in [7, 11) is -3.72. The van der Waals surface area contributed by atoms with E-state index in [1.54, 1.807) is 31.2 Å². The number of nitrogens with one attached hydrogen (secondary N) is 1. The van der Waals surface area contributed by atoms with Crippen molar-refractivity contribution in [3.63, 3.8) is 0 Å². The number of aromatic nitrogens is 1. The van der Waals surface area contributed by atoms with Crippen LogP contribution in [0.25, 0.3) is 11.5 Å². The number of sulfonamides is 1. The molecule has 4 rings (SSSR count). The summed E-state index contributed by atoms with van der Waals surface area (Å²) in [5.41, 5.74) is 1.94. The van der Waals surface area contributed by atoms with Gasteiger partial charge in [0, 0.05) is 5.56 Å². The summed E-state index contributed by atoms with van der Waals surface area (Å²) in [5.74, 6) is 0.562. The van der Waals surface area contributed by atoms with E-state index in [0.29, 0.717) is 23.8 Å². The van der Waals surface area contributed by atoms with Gasteiger partial charge >= 0.3 is 0 Å². The van der Waals surface area contributed by atoms with Gasteiger partial charge < -0.3 is 4.42 Å². The molecule has 1 aromatic heterocycles. The van der Waals surface area contributed by atoms with Gasteiger partial charge in [-0.05, 0) is 43.2 Å². The van der Waals surface area contributed by atoms with Gasteiger partial charge in [-0.3, -0.25) is 14.9 Å². The topological polar surface area (TPSA) is 110 Å².